The fraction of sp³-hybridized carbons (Fsp3) is 0.571. The first-order chi connectivity index (χ1) is 8.11. The molecular weight excluding hydrogens is 212 g/mol. The number of hydrogen-bond acceptors (Lipinski definition) is 3. The van der Waals surface area contributed by atoms with E-state index in [0.717, 1.165) is 32.6 Å². The van der Waals surface area contributed by atoms with Crippen molar-refractivity contribution in [1.82, 2.24) is 0 Å². The van der Waals surface area contributed by atoms with E-state index >= 15 is 0 Å². The number of hydrogen-bond donors (Lipinski definition) is 1. The van der Waals surface area contributed by atoms with Gasteiger partial charge < -0.3 is 15.4 Å². The number of anilines is 1. The van der Waals surface area contributed by atoms with Crippen molar-refractivity contribution in [2.24, 2.45) is 5.73 Å². The van der Waals surface area contributed by atoms with Crippen LogP contribution in [0.2, 0.25) is 0 Å². The quantitative estimate of drug-likeness (QED) is 0.868. The number of ether oxygens (including phenoxy) is 1. The van der Waals surface area contributed by atoms with Crippen LogP contribution in [0.4, 0.5) is 5.69 Å². The maximum absolute atomic E-state index is 6.43. The third-order valence-corrected chi connectivity index (χ3v) is 3.57. The average molecular weight is 234 g/mol. The Bertz CT molecular complexity index is 372. The highest BCUT2D eigenvalue weighted by atomic mass is 16.5. The van der Waals surface area contributed by atoms with Gasteiger partial charge in [-0.2, -0.15) is 0 Å². The van der Waals surface area contributed by atoms with Crippen LogP contribution in [0.5, 0.6) is 0 Å². The number of aryl methyl sites for hydroxylation is 1. The van der Waals surface area contributed by atoms with Gasteiger partial charge in [-0.1, -0.05) is 18.2 Å². The van der Waals surface area contributed by atoms with E-state index in [-0.39, 0.29) is 5.54 Å². The van der Waals surface area contributed by atoms with Crippen molar-refractivity contribution in [1.29, 1.82) is 0 Å². The van der Waals surface area contributed by atoms with Crippen LogP contribution in [0.25, 0.3) is 0 Å². The van der Waals surface area contributed by atoms with Crippen LogP contribution in [0.1, 0.15) is 18.4 Å². The zero-order valence-corrected chi connectivity index (χ0v) is 10.8. The smallest absolute Gasteiger partial charge is 0.0484 e. The van der Waals surface area contributed by atoms with E-state index in [0.29, 0.717) is 0 Å². The van der Waals surface area contributed by atoms with Crippen LogP contribution in [0.15, 0.2) is 24.3 Å². The van der Waals surface area contributed by atoms with E-state index in [2.05, 4.69) is 43.1 Å². The summed E-state index contributed by atoms with van der Waals surface area (Å²) in [5, 5.41) is 0. The minimum atomic E-state index is -0.102. The topological polar surface area (TPSA) is 38.5 Å². The summed E-state index contributed by atoms with van der Waals surface area (Å²) in [5.74, 6) is 0. The van der Waals surface area contributed by atoms with E-state index < -0.39 is 0 Å². The molecule has 3 nitrogen and oxygen atoms in total. The summed E-state index contributed by atoms with van der Waals surface area (Å²) in [6.07, 6.45) is 1.90. The zero-order chi connectivity index (χ0) is 12.3. The van der Waals surface area contributed by atoms with Gasteiger partial charge in [0.1, 0.15) is 0 Å². The minimum Gasteiger partial charge on any atom is -0.381 e. The summed E-state index contributed by atoms with van der Waals surface area (Å²) in [6.45, 7) is 4.61. The highest BCUT2D eigenvalue weighted by molar-refractivity contribution is 5.52. The molecule has 1 aromatic rings. The lowest BCUT2D eigenvalue weighted by Crippen LogP contribution is -2.53. The van der Waals surface area contributed by atoms with Crippen LogP contribution in [0.3, 0.4) is 0 Å². The van der Waals surface area contributed by atoms with Crippen LogP contribution in [-0.2, 0) is 4.74 Å². The second-order valence-electron chi connectivity index (χ2n) is 5.12. The van der Waals surface area contributed by atoms with Gasteiger partial charge in [0.25, 0.3) is 0 Å². The number of para-hydroxylation sites is 1. The van der Waals surface area contributed by atoms with Crippen molar-refractivity contribution >= 4 is 5.69 Å². The van der Waals surface area contributed by atoms with E-state index in [1.165, 1.54) is 11.3 Å². The SMILES string of the molecule is Cc1ccccc1N(C)CC1(N)CCOCC1. The van der Waals surface area contributed by atoms with Gasteiger partial charge in [0.2, 0.25) is 0 Å². The second-order valence-corrected chi connectivity index (χ2v) is 5.12. The molecule has 0 saturated carbocycles. The Morgan fingerprint density at radius 3 is 2.59 bits per heavy atom. The van der Waals surface area contributed by atoms with Crippen LogP contribution in [0, 0.1) is 6.92 Å². The first-order valence-corrected chi connectivity index (χ1v) is 6.24. The van der Waals surface area contributed by atoms with Gasteiger partial charge in [-0.05, 0) is 31.4 Å². The van der Waals surface area contributed by atoms with Crippen LogP contribution in [-0.4, -0.2) is 32.3 Å². The molecule has 1 fully saturated rings. The van der Waals surface area contributed by atoms with Gasteiger partial charge in [0, 0.05) is 38.0 Å². The highest BCUT2D eigenvalue weighted by Crippen LogP contribution is 2.23. The maximum atomic E-state index is 6.43. The molecule has 1 aromatic carbocycles. The summed E-state index contributed by atoms with van der Waals surface area (Å²) in [5.41, 5.74) is 8.89. The summed E-state index contributed by atoms with van der Waals surface area (Å²) in [4.78, 5) is 2.26. The van der Waals surface area contributed by atoms with Gasteiger partial charge in [0.15, 0.2) is 0 Å². The van der Waals surface area contributed by atoms with Crippen LogP contribution < -0.4 is 10.6 Å². The fourth-order valence-electron chi connectivity index (χ4n) is 2.49. The Balaban J connectivity index is 2.06. The summed E-state index contributed by atoms with van der Waals surface area (Å²) >= 11 is 0. The summed E-state index contributed by atoms with van der Waals surface area (Å²) in [6, 6.07) is 8.43. The Labute approximate surface area is 104 Å². The maximum Gasteiger partial charge on any atom is 0.0484 e. The number of likely N-dealkylation sites (N-methyl/N-ethyl adjacent to an activating group) is 1. The third-order valence-electron chi connectivity index (χ3n) is 3.57. The Morgan fingerprint density at radius 1 is 1.29 bits per heavy atom. The normalized spacial score (nSPS) is 19.0. The van der Waals surface area contributed by atoms with Crippen molar-refractivity contribution in [3.05, 3.63) is 29.8 Å². The lowest BCUT2D eigenvalue weighted by Gasteiger charge is -2.37. The molecule has 0 aromatic heterocycles. The molecule has 1 aliphatic rings. The predicted octanol–water partition coefficient (Wildman–Crippen LogP) is 1.94. The third kappa shape index (κ3) is 2.99. The summed E-state index contributed by atoms with van der Waals surface area (Å²) < 4.78 is 5.38. The molecule has 0 amide bonds. The Morgan fingerprint density at radius 2 is 1.94 bits per heavy atom. The number of nitrogens with zero attached hydrogens (tertiary/aromatic N) is 1. The fourth-order valence-corrected chi connectivity index (χ4v) is 2.49. The van der Waals surface area contributed by atoms with E-state index in [1.54, 1.807) is 0 Å². The van der Waals surface area contributed by atoms with Crippen molar-refractivity contribution < 1.29 is 4.74 Å². The van der Waals surface area contributed by atoms with E-state index in [9.17, 15) is 0 Å². The molecule has 0 bridgehead atoms. The molecule has 0 unspecified atom stereocenters. The lowest BCUT2D eigenvalue weighted by molar-refractivity contribution is 0.0558. The highest BCUT2D eigenvalue weighted by Gasteiger charge is 2.29. The molecule has 94 valence electrons. The van der Waals surface area contributed by atoms with Crippen molar-refractivity contribution in [3.63, 3.8) is 0 Å². The van der Waals surface area contributed by atoms with Crippen LogP contribution >= 0.6 is 0 Å². The standard InChI is InChI=1S/C14H22N2O/c1-12-5-3-4-6-13(12)16(2)11-14(15)7-9-17-10-8-14/h3-6H,7-11,15H2,1-2H3. The van der Waals surface area contributed by atoms with Gasteiger partial charge in [-0.15, -0.1) is 0 Å². The molecule has 0 atom stereocenters. The number of benzene rings is 1. The molecule has 0 spiro atoms. The first kappa shape index (κ1) is 12.4. The number of rotatable bonds is 3. The van der Waals surface area contributed by atoms with E-state index in [1.807, 2.05) is 0 Å². The number of nitrogens with two attached hydrogens (primary N) is 1. The lowest BCUT2D eigenvalue weighted by atomic mass is 9.90. The molecule has 0 radical (unpaired) electrons. The van der Waals surface area contributed by atoms with Gasteiger partial charge in [-0.3, -0.25) is 0 Å². The minimum absolute atomic E-state index is 0.102. The molecule has 2 rings (SSSR count). The Kier molecular flexibility index (Phi) is 3.69. The van der Waals surface area contributed by atoms with Crippen molar-refractivity contribution in [3.8, 4) is 0 Å². The molecule has 1 aliphatic heterocycles. The second kappa shape index (κ2) is 5.07. The molecule has 2 N–H and O–H groups in total. The van der Waals surface area contributed by atoms with E-state index in [4.69, 9.17) is 10.5 Å². The van der Waals surface area contributed by atoms with Gasteiger partial charge in [-0.25, -0.2) is 0 Å². The predicted molar refractivity (Wildman–Crippen MR) is 71.4 cm³/mol. The van der Waals surface area contributed by atoms with Crippen molar-refractivity contribution in [2.45, 2.75) is 25.3 Å². The zero-order valence-electron chi connectivity index (χ0n) is 10.8. The monoisotopic (exact) mass is 234 g/mol. The molecule has 1 heterocycles. The molecule has 0 aliphatic carbocycles. The Hall–Kier alpha value is -1.06. The molecular formula is C14H22N2O. The van der Waals surface area contributed by atoms with Crippen molar-refractivity contribution in [2.75, 3.05) is 31.7 Å². The largest absolute Gasteiger partial charge is 0.381 e. The first-order valence-electron chi connectivity index (χ1n) is 6.24. The molecule has 3 heteroatoms. The van der Waals surface area contributed by atoms with Gasteiger partial charge >= 0.3 is 0 Å². The van der Waals surface area contributed by atoms with Gasteiger partial charge in [0.05, 0.1) is 0 Å². The molecule has 1 saturated heterocycles. The molecule has 17 heavy (non-hydrogen) atoms. The average Bonchev–Trinajstić information content (AvgIpc) is 2.29. The summed E-state index contributed by atoms with van der Waals surface area (Å²) in [7, 11) is 2.12.